The van der Waals surface area contributed by atoms with Crippen LogP contribution in [0.15, 0.2) is 18.6 Å². The van der Waals surface area contributed by atoms with E-state index in [9.17, 15) is 13.2 Å². The van der Waals surface area contributed by atoms with Crippen molar-refractivity contribution in [2.45, 2.75) is 32.0 Å². The Morgan fingerprint density at radius 3 is 2.56 bits per heavy atom. The van der Waals surface area contributed by atoms with E-state index < -0.39 is 11.9 Å². The second-order valence-corrected chi connectivity index (χ2v) is 6.77. The van der Waals surface area contributed by atoms with Crippen molar-refractivity contribution >= 4 is 11.0 Å². The van der Waals surface area contributed by atoms with Gasteiger partial charge in [-0.2, -0.15) is 23.4 Å². The molecule has 4 heterocycles. The number of halogens is 3. The minimum atomic E-state index is -4.50. The third kappa shape index (κ3) is 3.53. The third-order valence-electron chi connectivity index (χ3n) is 4.92. The van der Waals surface area contributed by atoms with Crippen molar-refractivity contribution in [1.82, 2.24) is 34.4 Å². The number of likely N-dealkylation sites (tertiary alicyclic amines) is 1. The average molecular weight is 379 g/mol. The average Bonchev–Trinajstić information content (AvgIpc) is 3.24. The Labute approximate surface area is 153 Å². The highest BCUT2D eigenvalue weighted by Gasteiger charge is 2.35. The molecule has 0 unspecified atom stereocenters. The van der Waals surface area contributed by atoms with E-state index in [1.807, 2.05) is 0 Å². The lowest BCUT2D eigenvalue weighted by atomic mass is 10.1. The van der Waals surface area contributed by atoms with Gasteiger partial charge in [0.25, 0.3) is 0 Å². The van der Waals surface area contributed by atoms with E-state index >= 15 is 0 Å². The van der Waals surface area contributed by atoms with Crippen LogP contribution in [0.4, 0.5) is 13.2 Å². The maximum absolute atomic E-state index is 13.0. The lowest BCUT2D eigenvalue weighted by Gasteiger charge is -2.26. The van der Waals surface area contributed by atoms with Gasteiger partial charge in [-0.3, -0.25) is 4.68 Å². The zero-order valence-corrected chi connectivity index (χ0v) is 14.9. The fraction of sp³-hybridized carbons (Fsp3) is 0.529. The van der Waals surface area contributed by atoms with Crippen molar-refractivity contribution in [3.05, 3.63) is 24.3 Å². The smallest absolute Gasteiger partial charge is 0.301 e. The first kappa shape index (κ1) is 17.9. The molecule has 10 heteroatoms. The van der Waals surface area contributed by atoms with Crippen molar-refractivity contribution in [2.75, 3.05) is 19.6 Å². The molecule has 0 atom stereocenters. The molecule has 3 aromatic rings. The zero-order valence-electron chi connectivity index (χ0n) is 14.9. The summed E-state index contributed by atoms with van der Waals surface area (Å²) in [6, 6.07) is 1.01. The number of piperidine rings is 1. The molecule has 0 radical (unpaired) electrons. The predicted octanol–water partition coefficient (Wildman–Crippen LogP) is 2.73. The van der Waals surface area contributed by atoms with Gasteiger partial charge in [0.05, 0.1) is 23.8 Å². The molecule has 27 heavy (non-hydrogen) atoms. The van der Waals surface area contributed by atoms with Crippen molar-refractivity contribution in [3.63, 3.8) is 0 Å². The lowest BCUT2D eigenvalue weighted by molar-refractivity contribution is -0.141. The molecular formula is C17H20F3N7. The predicted molar refractivity (Wildman–Crippen MR) is 92.8 cm³/mol. The third-order valence-corrected chi connectivity index (χ3v) is 4.92. The molecule has 0 aliphatic carbocycles. The second kappa shape index (κ2) is 6.91. The number of alkyl halides is 3. The highest BCUT2D eigenvalue weighted by Crippen LogP contribution is 2.32. The van der Waals surface area contributed by atoms with Gasteiger partial charge >= 0.3 is 6.18 Å². The van der Waals surface area contributed by atoms with Crippen LogP contribution >= 0.6 is 0 Å². The van der Waals surface area contributed by atoms with E-state index in [-0.39, 0.29) is 5.69 Å². The van der Waals surface area contributed by atoms with Gasteiger partial charge in [0.1, 0.15) is 12.0 Å². The van der Waals surface area contributed by atoms with Crippen molar-refractivity contribution in [1.29, 1.82) is 0 Å². The summed E-state index contributed by atoms with van der Waals surface area (Å²) in [7, 11) is 1.47. The van der Waals surface area contributed by atoms with Crippen molar-refractivity contribution in [2.24, 2.45) is 7.05 Å². The summed E-state index contributed by atoms with van der Waals surface area (Å²) >= 11 is 0. The summed E-state index contributed by atoms with van der Waals surface area (Å²) in [4.78, 5) is 10.9. The van der Waals surface area contributed by atoms with E-state index in [0.717, 1.165) is 25.7 Å². The molecule has 1 saturated heterocycles. The first-order valence-electron chi connectivity index (χ1n) is 8.94. The van der Waals surface area contributed by atoms with Gasteiger partial charge in [-0.1, -0.05) is 6.42 Å². The largest absolute Gasteiger partial charge is 0.435 e. The van der Waals surface area contributed by atoms with Crippen LogP contribution in [0.5, 0.6) is 0 Å². The summed E-state index contributed by atoms with van der Waals surface area (Å²) < 4.78 is 41.9. The molecule has 0 bridgehead atoms. The maximum atomic E-state index is 13.0. The molecule has 0 saturated carbocycles. The van der Waals surface area contributed by atoms with Gasteiger partial charge in [0.2, 0.25) is 0 Å². The summed E-state index contributed by atoms with van der Waals surface area (Å²) in [5, 5.41) is 8.57. The van der Waals surface area contributed by atoms with Gasteiger partial charge in [0, 0.05) is 13.6 Å². The number of hydrogen-bond donors (Lipinski definition) is 0. The molecule has 144 valence electrons. The molecule has 3 aromatic heterocycles. The number of aryl methyl sites for hydroxylation is 1. The summed E-state index contributed by atoms with van der Waals surface area (Å²) in [5.74, 6) is 0. The molecular weight excluding hydrogens is 359 g/mol. The Morgan fingerprint density at radius 2 is 1.85 bits per heavy atom. The highest BCUT2D eigenvalue weighted by atomic mass is 19.4. The Bertz CT molecular complexity index is 938. The number of fused-ring (bicyclic) bond motifs is 1. The molecule has 0 aromatic carbocycles. The van der Waals surface area contributed by atoms with Crippen LogP contribution in [0, 0.1) is 0 Å². The molecule has 0 spiro atoms. The lowest BCUT2D eigenvalue weighted by Crippen LogP contribution is -2.32. The number of nitrogens with zero attached hydrogens (tertiary/aromatic N) is 7. The molecule has 1 aliphatic rings. The summed E-state index contributed by atoms with van der Waals surface area (Å²) in [6.07, 6.45) is 2.18. The van der Waals surface area contributed by atoms with Gasteiger partial charge in [-0.15, -0.1) is 0 Å². The van der Waals surface area contributed by atoms with E-state index in [4.69, 9.17) is 0 Å². The molecule has 1 fully saturated rings. The Kier molecular flexibility index (Phi) is 4.58. The number of aromatic nitrogens is 6. The monoisotopic (exact) mass is 379 g/mol. The highest BCUT2D eigenvalue weighted by molar-refractivity contribution is 5.88. The number of rotatable bonds is 4. The first-order valence-corrected chi connectivity index (χ1v) is 8.94. The van der Waals surface area contributed by atoms with Crippen LogP contribution < -0.4 is 0 Å². The fourth-order valence-corrected chi connectivity index (χ4v) is 3.51. The van der Waals surface area contributed by atoms with Gasteiger partial charge in [-0.05, 0) is 32.0 Å². The first-order chi connectivity index (χ1) is 12.9. The van der Waals surface area contributed by atoms with Gasteiger partial charge < -0.3 is 4.90 Å². The van der Waals surface area contributed by atoms with Crippen molar-refractivity contribution < 1.29 is 13.2 Å². The standard InChI is InChI=1S/C17H20F3N7/c1-25-13(9-14(24-25)17(18,19)20)15-12-10-23-27(16(12)22-11-21-15)8-7-26-5-3-2-4-6-26/h9-11H,2-8H2,1H3. The van der Waals surface area contributed by atoms with Crippen molar-refractivity contribution in [3.8, 4) is 11.4 Å². The van der Waals surface area contributed by atoms with Gasteiger partial charge in [0.15, 0.2) is 11.3 Å². The van der Waals surface area contributed by atoms with E-state index in [1.165, 1.54) is 37.3 Å². The second-order valence-electron chi connectivity index (χ2n) is 6.77. The summed E-state index contributed by atoms with van der Waals surface area (Å²) in [5.41, 5.74) is 0.357. The van der Waals surface area contributed by atoms with Crippen LogP contribution in [0.3, 0.4) is 0 Å². The number of hydrogen-bond acceptors (Lipinski definition) is 5. The van der Waals surface area contributed by atoms with Crippen LogP contribution in [0.2, 0.25) is 0 Å². The molecule has 0 amide bonds. The van der Waals surface area contributed by atoms with E-state index in [2.05, 4.69) is 25.1 Å². The Morgan fingerprint density at radius 1 is 1.07 bits per heavy atom. The van der Waals surface area contributed by atoms with Crippen LogP contribution in [-0.2, 0) is 19.8 Å². The molecule has 7 nitrogen and oxygen atoms in total. The van der Waals surface area contributed by atoms with Crippen LogP contribution in [0.1, 0.15) is 25.0 Å². The minimum Gasteiger partial charge on any atom is -0.301 e. The fourth-order valence-electron chi connectivity index (χ4n) is 3.51. The van der Waals surface area contributed by atoms with E-state index in [0.29, 0.717) is 23.3 Å². The van der Waals surface area contributed by atoms with Crippen LogP contribution in [0.25, 0.3) is 22.4 Å². The van der Waals surface area contributed by atoms with E-state index in [1.54, 1.807) is 10.9 Å². The summed E-state index contributed by atoms with van der Waals surface area (Å²) in [6.45, 7) is 3.74. The minimum absolute atomic E-state index is 0.283. The normalized spacial score (nSPS) is 16.3. The Balaban J connectivity index is 1.64. The van der Waals surface area contributed by atoms with Gasteiger partial charge in [-0.25, -0.2) is 14.6 Å². The Hall–Kier alpha value is -2.49. The molecule has 0 N–H and O–H groups in total. The van der Waals surface area contributed by atoms with Crippen LogP contribution in [-0.4, -0.2) is 54.1 Å². The maximum Gasteiger partial charge on any atom is 0.435 e. The quantitative estimate of drug-likeness (QED) is 0.697. The SMILES string of the molecule is Cn1nc(C(F)(F)F)cc1-c1ncnc2c1cnn2CCN1CCCCC1. The zero-order chi connectivity index (χ0) is 19.0. The topological polar surface area (TPSA) is 64.7 Å². The molecule has 4 rings (SSSR count). The molecule has 1 aliphatic heterocycles.